The zero-order valence-electron chi connectivity index (χ0n) is 11.8. The van der Waals surface area contributed by atoms with Gasteiger partial charge in [0.25, 0.3) is 0 Å². The molecular formula is C11H18N2O5S3. The lowest BCUT2D eigenvalue weighted by atomic mass is 10.3. The average molecular weight is 354 g/mol. The average Bonchev–Trinajstić information content (AvgIpc) is 2.79. The van der Waals surface area contributed by atoms with Gasteiger partial charge in [0.1, 0.15) is 4.90 Å². The van der Waals surface area contributed by atoms with E-state index >= 15 is 0 Å². The summed E-state index contributed by atoms with van der Waals surface area (Å²) in [4.78, 5) is 0.570. The van der Waals surface area contributed by atoms with Gasteiger partial charge in [0.15, 0.2) is 0 Å². The van der Waals surface area contributed by atoms with E-state index in [1.54, 1.807) is 12.3 Å². The maximum absolute atomic E-state index is 12.7. The van der Waals surface area contributed by atoms with Crippen LogP contribution in [-0.2, 0) is 26.7 Å². The number of aryl methyl sites for hydroxylation is 1. The van der Waals surface area contributed by atoms with Crippen molar-refractivity contribution in [2.75, 3.05) is 32.4 Å². The van der Waals surface area contributed by atoms with Crippen LogP contribution in [-0.4, -0.2) is 63.0 Å². The van der Waals surface area contributed by atoms with E-state index in [9.17, 15) is 21.9 Å². The maximum Gasteiger partial charge on any atom is 0.244 e. The van der Waals surface area contributed by atoms with Crippen LogP contribution in [0.1, 0.15) is 10.4 Å². The summed E-state index contributed by atoms with van der Waals surface area (Å²) in [5.74, 6) is 0. The number of hydrogen-bond donors (Lipinski definition) is 1. The number of nitrogens with zero attached hydrogens (tertiary/aromatic N) is 2. The van der Waals surface area contributed by atoms with Crippen molar-refractivity contribution in [2.45, 2.75) is 18.4 Å². The molecule has 2 heterocycles. The van der Waals surface area contributed by atoms with Gasteiger partial charge >= 0.3 is 0 Å². The van der Waals surface area contributed by atoms with Gasteiger partial charge in [0.05, 0.1) is 17.7 Å². The van der Waals surface area contributed by atoms with E-state index in [0.29, 0.717) is 10.4 Å². The summed E-state index contributed by atoms with van der Waals surface area (Å²) in [7, 11) is -6.99. The Morgan fingerprint density at radius 2 is 1.67 bits per heavy atom. The molecule has 0 amide bonds. The first-order valence-corrected chi connectivity index (χ1v) is 10.5. The Morgan fingerprint density at radius 1 is 1.14 bits per heavy atom. The van der Waals surface area contributed by atoms with E-state index in [4.69, 9.17) is 0 Å². The van der Waals surface area contributed by atoms with Crippen LogP contribution >= 0.6 is 11.3 Å². The number of thiophene rings is 1. The molecule has 0 radical (unpaired) electrons. The molecule has 1 aromatic heterocycles. The van der Waals surface area contributed by atoms with Gasteiger partial charge in [0.2, 0.25) is 20.0 Å². The van der Waals surface area contributed by atoms with Gasteiger partial charge in [-0.1, -0.05) is 0 Å². The lowest BCUT2D eigenvalue weighted by Gasteiger charge is -2.32. The van der Waals surface area contributed by atoms with E-state index in [1.807, 2.05) is 0 Å². The number of hydrogen-bond acceptors (Lipinski definition) is 6. The zero-order valence-corrected chi connectivity index (χ0v) is 14.3. The molecule has 0 atom stereocenters. The second-order valence-corrected chi connectivity index (χ2v) is 9.72. The number of rotatable bonds is 4. The fourth-order valence-electron chi connectivity index (χ4n) is 2.31. The van der Waals surface area contributed by atoms with E-state index in [2.05, 4.69) is 0 Å². The summed E-state index contributed by atoms with van der Waals surface area (Å²) in [5.41, 5.74) is 0.606. The van der Waals surface area contributed by atoms with Crippen LogP contribution in [0.2, 0.25) is 0 Å². The number of sulfonamides is 2. The molecule has 0 saturated carbocycles. The molecule has 1 aromatic rings. The van der Waals surface area contributed by atoms with Gasteiger partial charge in [-0.15, -0.1) is 11.3 Å². The number of piperazine rings is 1. The summed E-state index contributed by atoms with van der Waals surface area (Å²) < 4.78 is 50.8. The molecule has 0 aliphatic carbocycles. The number of aliphatic hydroxyl groups is 1. The van der Waals surface area contributed by atoms with Gasteiger partial charge in [-0.2, -0.15) is 8.61 Å². The van der Waals surface area contributed by atoms with Gasteiger partial charge in [-0.05, 0) is 17.9 Å². The predicted molar refractivity (Wildman–Crippen MR) is 80.2 cm³/mol. The van der Waals surface area contributed by atoms with Crippen molar-refractivity contribution < 1.29 is 21.9 Å². The Labute approximate surface area is 128 Å². The SMILES string of the molecule is Cc1csc(CO)c1S(=O)(=O)N1CCN(S(C)(=O)=O)CC1. The first-order chi connectivity index (χ1) is 9.67. The Morgan fingerprint density at radius 3 is 2.14 bits per heavy atom. The minimum Gasteiger partial charge on any atom is -0.391 e. The Kier molecular flexibility index (Phi) is 4.76. The topological polar surface area (TPSA) is 95.0 Å². The second-order valence-electron chi connectivity index (χ2n) is 4.90. The van der Waals surface area contributed by atoms with Gasteiger partial charge < -0.3 is 5.11 Å². The molecule has 1 fully saturated rings. The lowest BCUT2D eigenvalue weighted by molar-refractivity contribution is 0.270. The summed E-state index contributed by atoms with van der Waals surface area (Å²) in [6.07, 6.45) is 1.12. The molecule has 0 bridgehead atoms. The highest BCUT2D eigenvalue weighted by Crippen LogP contribution is 2.30. The molecule has 120 valence electrons. The molecule has 0 spiro atoms. The monoisotopic (exact) mass is 354 g/mol. The summed E-state index contributed by atoms with van der Waals surface area (Å²) in [6.45, 7) is 1.90. The minimum absolute atomic E-state index is 0.121. The molecule has 1 aliphatic heterocycles. The third-order valence-corrected chi connectivity index (χ3v) is 8.05. The quantitative estimate of drug-likeness (QED) is 0.809. The molecule has 2 rings (SSSR count). The van der Waals surface area contributed by atoms with Crippen LogP contribution in [0.3, 0.4) is 0 Å². The summed E-state index contributed by atoms with van der Waals surface area (Å²) in [5, 5.41) is 11.0. The van der Waals surface area contributed by atoms with Gasteiger partial charge in [-0.25, -0.2) is 16.8 Å². The van der Waals surface area contributed by atoms with Gasteiger partial charge in [-0.3, -0.25) is 0 Å². The normalized spacial score (nSPS) is 19.0. The molecule has 1 aliphatic rings. The Bertz CT molecular complexity index is 715. The first-order valence-electron chi connectivity index (χ1n) is 6.31. The van der Waals surface area contributed by atoms with Crippen molar-refractivity contribution in [1.82, 2.24) is 8.61 Å². The molecule has 10 heteroatoms. The van der Waals surface area contributed by atoms with Crippen molar-refractivity contribution in [3.8, 4) is 0 Å². The molecular weight excluding hydrogens is 336 g/mol. The minimum atomic E-state index is -3.70. The molecule has 21 heavy (non-hydrogen) atoms. The van der Waals surface area contributed by atoms with Crippen molar-refractivity contribution in [3.05, 3.63) is 15.8 Å². The predicted octanol–water partition coefficient (Wildman–Crippen LogP) is -0.185. The van der Waals surface area contributed by atoms with Crippen molar-refractivity contribution >= 4 is 31.4 Å². The molecule has 1 saturated heterocycles. The van der Waals surface area contributed by atoms with Crippen LogP contribution in [0.15, 0.2) is 10.3 Å². The van der Waals surface area contributed by atoms with E-state index in [-0.39, 0.29) is 37.7 Å². The van der Waals surface area contributed by atoms with E-state index in [1.165, 1.54) is 19.9 Å². The molecule has 0 unspecified atom stereocenters. The Balaban J connectivity index is 2.25. The van der Waals surface area contributed by atoms with Crippen LogP contribution in [0.4, 0.5) is 0 Å². The van der Waals surface area contributed by atoms with Crippen LogP contribution in [0.25, 0.3) is 0 Å². The highest BCUT2D eigenvalue weighted by Gasteiger charge is 2.34. The fraction of sp³-hybridized carbons (Fsp3) is 0.636. The molecule has 7 nitrogen and oxygen atoms in total. The van der Waals surface area contributed by atoms with E-state index < -0.39 is 20.0 Å². The smallest absolute Gasteiger partial charge is 0.244 e. The van der Waals surface area contributed by atoms with Crippen LogP contribution < -0.4 is 0 Å². The molecule has 0 aromatic carbocycles. The second kappa shape index (κ2) is 5.94. The largest absolute Gasteiger partial charge is 0.391 e. The first kappa shape index (κ1) is 16.8. The van der Waals surface area contributed by atoms with Crippen molar-refractivity contribution in [3.63, 3.8) is 0 Å². The van der Waals surface area contributed by atoms with Crippen LogP contribution in [0.5, 0.6) is 0 Å². The van der Waals surface area contributed by atoms with E-state index in [0.717, 1.165) is 6.26 Å². The number of aliphatic hydroxyl groups excluding tert-OH is 1. The lowest BCUT2D eigenvalue weighted by Crippen LogP contribution is -2.50. The summed E-state index contributed by atoms with van der Waals surface area (Å²) in [6, 6.07) is 0. The Hall–Kier alpha value is -0.520. The third kappa shape index (κ3) is 3.30. The fourth-order valence-corrected chi connectivity index (χ4v) is 6.17. The highest BCUT2D eigenvalue weighted by atomic mass is 32.2. The van der Waals surface area contributed by atoms with Crippen molar-refractivity contribution in [1.29, 1.82) is 0 Å². The highest BCUT2D eigenvalue weighted by molar-refractivity contribution is 7.89. The van der Waals surface area contributed by atoms with Gasteiger partial charge in [0, 0.05) is 26.2 Å². The van der Waals surface area contributed by atoms with Crippen molar-refractivity contribution in [2.24, 2.45) is 0 Å². The third-order valence-electron chi connectivity index (χ3n) is 3.40. The zero-order chi connectivity index (χ0) is 15.8. The standard InChI is InChI=1S/C11H18N2O5S3/c1-9-8-19-10(7-14)11(9)21(17,18)13-5-3-12(4-6-13)20(2,15)16/h8,14H,3-7H2,1-2H3. The maximum atomic E-state index is 12.7. The molecule has 1 N–H and O–H groups in total. The van der Waals surface area contributed by atoms with Crippen LogP contribution in [0, 0.1) is 6.92 Å². The summed E-state index contributed by atoms with van der Waals surface area (Å²) >= 11 is 1.21.